The average molecular weight is 325 g/mol. The van der Waals surface area contributed by atoms with Crippen LogP contribution in [0.1, 0.15) is 12.5 Å². The van der Waals surface area contributed by atoms with Gasteiger partial charge in [-0.2, -0.15) is 5.10 Å². The van der Waals surface area contributed by atoms with Crippen LogP contribution in [0.15, 0.2) is 65.8 Å². The third-order valence-corrected chi connectivity index (χ3v) is 3.88. The van der Waals surface area contributed by atoms with Gasteiger partial charge in [0, 0.05) is 5.02 Å². The van der Waals surface area contributed by atoms with Crippen molar-refractivity contribution >= 4 is 33.8 Å². The molecule has 0 atom stereocenters. The summed E-state index contributed by atoms with van der Waals surface area (Å²) in [7, 11) is 1.67. The molecule has 0 aliphatic rings. The Bertz CT molecular complexity index is 874. The molecule has 0 saturated carbocycles. The number of halogens is 1. The quantitative estimate of drug-likeness (QED) is 0.519. The minimum Gasteiger partial charge on any atom is -0.497 e. The lowest BCUT2D eigenvalue weighted by Gasteiger charge is -2.07. The molecule has 23 heavy (non-hydrogen) atoms. The fourth-order valence-corrected chi connectivity index (χ4v) is 2.54. The highest BCUT2D eigenvalue weighted by Crippen LogP contribution is 2.22. The van der Waals surface area contributed by atoms with E-state index in [0.29, 0.717) is 5.02 Å². The molecule has 0 aliphatic carbocycles. The third-order valence-electron chi connectivity index (χ3n) is 3.64. The predicted octanol–water partition coefficient (Wildman–Crippen LogP) is 5.34. The zero-order chi connectivity index (χ0) is 16.2. The van der Waals surface area contributed by atoms with E-state index in [1.54, 1.807) is 7.11 Å². The van der Waals surface area contributed by atoms with Crippen LogP contribution >= 0.6 is 11.6 Å². The first-order chi connectivity index (χ1) is 11.2. The van der Waals surface area contributed by atoms with Gasteiger partial charge < -0.3 is 4.74 Å². The fraction of sp³-hybridized carbons (Fsp3) is 0.105. The molecule has 3 aromatic rings. The Morgan fingerprint density at radius 1 is 1.00 bits per heavy atom. The summed E-state index contributed by atoms with van der Waals surface area (Å²) in [6.45, 7) is 1.97. The molecule has 3 nitrogen and oxygen atoms in total. The number of ether oxygens (including phenoxy) is 1. The summed E-state index contributed by atoms with van der Waals surface area (Å²) >= 11 is 5.97. The van der Waals surface area contributed by atoms with Gasteiger partial charge in [0.2, 0.25) is 0 Å². The van der Waals surface area contributed by atoms with Crippen molar-refractivity contribution in [1.29, 1.82) is 0 Å². The largest absolute Gasteiger partial charge is 0.497 e. The fourth-order valence-electron chi connectivity index (χ4n) is 2.35. The average Bonchev–Trinajstić information content (AvgIpc) is 2.58. The molecule has 3 aromatic carbocycles. The van der Waals surface area contributed by atoms with Crippen LogP contribution in [-0.4, -0.2) is 12.8 Å². The minimum atomic E-state index is 0.683. The molecule has 0 amide bonds. The molecule has 116 valence electrons. The van der Waals surface area contributed by atoms with Gasteiger partial charge in [0.1, 0.15) is 5.75 Å². The van der Waals surface area contributed by atoms with E-state index in [1.807, 2.05) is 43.3 Å². The number of fused-ring (bicyclic) bond motifs is 1. The normalized spacial score (nSPS) is 11.5. The standard InChI is InChI=1S/C19H17ClN2O/c1-13(21-22-18-5-3-4-17(20)12-18)14-6-7-16-11-19(23-2)9-8-15(16)10-14/h3-12,22H,1-2H3. The van der Waals surface area contributed by atoms with Crippen molar-refractivity contribution in [3.05, 3.63) is 71.2 Å². The number of hydrogen-bond donors (Lipinski definition) is 1. The van der Waals surface area contributed by atoms with Crippen LogP contribution in [0.3, 0.4) is 0 Å². The lowest BCUT2D eigenvalue weighted by atomic mass is 10.0. The van der Waals surface area contributed by atoms with Gasteiger partial charge in [0.25, 0.3) is 0 Å². The van der Waals surface area contributed by atoms with Crippen molar-refractivity contribution in [2.45, 2.75) is 6.92 Å². The molecule has 0 unspecified atom stereocenters. The first kappa shape index (κ1) is 15.4. The number of benzene rings is 3. The van der Waals surface area contributed by atoms with E-state index in [2.05, 4.69) is 34.8 Å². The Hall–Kier alpha value is -2.52. The molecule has 0 aromatic heterocycles. The van der Waals surface area contributed by atoms with Crippen molar-refractivity contribution in [3.8, 4) is 5.75 Å². The maximum Gasteiger partial charge on any atom is 0.119 e. The van der Waals surface area contributed by atoms with Gasteiger partial charge in [-0.3, -0.25) is 5.43 Å². The molecule has 3 rings (SSSR count). The molecule has 0 spiro atoms. The molecular formula is C19H17ClN2O. The van der Waals surface area contributed by atoms with Gasteiger partial charge in [-0.25, -0.2) is 0 Å². The summed E-state index contributed by atoms with van der Waals surface area (Å²) in [5.74, 6) is 0.860. The summed E-state index contributed by atoms with van der Waals surface area (Å²) in [5, 5.41) is 7.41. The van der Waals surface area contributed by atoms with Crippen LogP contribution < -0.4 is 10.2 Å². The Kier molecular flexibility index (Phi) is 4.49. The van der Waals surface area contributed by atoms with Gasteiger partial charge in [0.15, 0.2) is 0 Å². The van der Waals surface area contributed by atoms with Crippen molar-refractivity contribution in [2.75, 3.05) is 12.5 Å². The van der Waals surface area contributed by atoms with E-state index in [0.717, 1.165) is 33.5 Å². The van der Waals surface area contributed by atoms with Crippen molar-refractivity contribution < 1.29 is 4.74 Å². The number of nitrogens with zero attached hydrogens (tertiary/aromatic N) is 1. The number of hydrazone groups is 1. The number of hydrogen-bond acceptors (Lipinski definition) is 3. The van der Waals surface area contributed by atoms with E-state index < -0.39 is 0 Å². The lowest BCUT2D eigenvalue weighted by molar-refractivity contribution is 0.415. The van der Waals surface area contributed by atoms with Crippen LogP contribution in [0.25, 0.3) is 10.8 Å². The smallest absolute Gasteiger partial charge is 0.119 e. The van der Waals surface area contributed by atoms with E-state index in [1.165, 1.54) is 0 Å². The molecular weight excluding hydrogens is 308 g/mol. The summed E-state index contributed by atoms with van der Waals surface area (Å²) < 4.78 is 5.25. The molecule has 0 radical (unpaired) electrons. The molecule has 1 N–H and O–H groups in total. The first-order valence-corrected chi connectivity index (χ1v) is 7.67. The maximum absolute atomic E-state index is 5.97. The van der Waals surface area contributed by atoms with E-state index in [9.17, 15) is 0 Å². The molecule has 0 fully saturated rings. The molecule has 0 aliphatic heterocycles. The second-order valence-electron chi connectivity index (χ2n) is 5.25. The highest BCUT2D eigenvalue weighted by Gasteiger charge is 2.02. The van der Waals surface area contributed by atoms with Crippen molar-refractivity contribution in [3.63, 3.8) is 0 Å². The van der Waals surface area contributed by atoms with Gasteiger partial charge in [0.05, 0.1) is 18.5 Å². The van der Waals surface area contributed by atoms with Gasteiger partial charge in [-0.1, -0.05) is 35.9 Å². The molecule has 0 heterocycles. The van der Waals surface area contributed by atoms with Gasteiger partial charge in [-0.15, -0.1) is 0 Å². The second kappa shape index (κ2) is 6.71. The SMILES string of the molecule is COc1ccc2cc(C(C)=NNc3cccc(Cl)c3)ccc2c1. The highest BCUT2D eigenvalue weighted by molar-refractivity contribution is 6.30. The van der Waals surface area contributed by atoms with Gasteiger partial charge >= 0.3 is 0 Å². The van der Waals surface area contributed by atoms with Crippen LogP contribution in [-0.2, 0) is 0 Å². The monoisotopic (exact) mass is 324 g/mol. The van der Waals surface area contributed by atoms with E-state index in [4.69, 9.17) is 16.3 Å². The Balaban J connectivity index is 1.85. The third kappa shape index (κ3) is 3.63. The first-order valence-electron chi connectivity index (χ1n) is 7.30. The second-order valence-corrected chi connectivity index (χ2v) is 5.68. The maximum atomic E-state index is 5.97. The zero-order valence-corrected chi connectivity index (χ0v) is 13.8. The highest BCUT2D eigenvalue weighted by atomic mass is 35.5. The Morgan fingerprint density at radius 2 is 1.78 bits per heavy atom. The lowest BCUT2D eigenvalue weighted by Crippen LogP contribution is -1.99. The molecule has 0 saturated heterocycles. The number of rotatable bonds is 4. The Labute approximate surface area is 140 Å². The molecule has 0 bridgehead atoms. The van der Waals surface area contributed by atoms with Crippen LogP contribution in [0, 0.1) is 0 Å². The van der Waals surface area contributed by atoms with E-state index in [-0.39, 0.29) is 0 Å². The van der Waals surface area contributed by atoms with Crippen LogP contribution in [0.5, 0.6) is 5.75 Å². The van der Waals surface area contributed by atoms with E-state index >= 15 is 0 Å². The van der Waals surface area contributed by atoms with Crippen LogP contribution in [0.2, 0.25) is 5.02 Å². The topological polar surface area (TPSA) is 33.6 Å². The van der Waals surface area contributed by atoms with Crippen LogP contribution in [0.4, 0.5) is 5.69 Å². The summed E-state index contributed by atoms with van der Waals surface area (Å²) in [5.41, 5.74) is 5.87. The van der Waals surface area contributed by atoms with Gasteiger partial charge in [-0.05, 0) is 59.7 Å². The Morgan fingerprint density at radius 3 is 2.57 bits per heavy atom. The minimum absolute atomic E-state index is 0.683. The number of nitrogens with one attached hydrogen (secondary N) is 1. The summed E-state index contributed by atoms with van der Waals surface area (Å²) in [6.07, 6.45) is 0. The zero-order valence-electron chi connectivity index (χ0n) is 13.0. The summed E-state index contributed by atoms with van der Waals surface area (Å²) in [4.78, 5) is 0. The van der Waals surface area contributed by atoms with Crippen molar-refractivity contribution in [2.24, 2.45) is 5.10 Å². The summed E-state index contributed by atoms with van der Waals surface area (Å²) in [6, 6.07) is 19.8. The molecule has 4 heteroatoms. The number of methoxy groups -OCH3 is 1. The van der Waals surface area contributed by atoms with Crippen molar-refractivity contribution in [1.82, 2.24) is 0 Å². The number of anilines is 1. The predicted molar refractivity (Wildman–Crippen MR) is 97.8 cm³/mol.